The molecule has 1 aromatic heterocycles. The summed E-state index contributed by atoms with van der Waals surface area (Å²) in [6.07, 6.45) is 0.868. The van der Waals surface area contributed by atoms with Gasteiger partial charge >= 0.3 is 5.76 Å². The third-order valence-corrected chi connectivity index (χ3v) is 2.04. The quantitative estimate of drug-likeness (QED) is 0.802. The Morgan fingerprint density at radius 3 is 2.87 bits per heavy atom. The van der Waals surface area contributed by atoms with Gasteiger partial charge in [-0.3, -0.25) is 0 Å². The maximum atomic E-state index is 13.3. The summed E-state index contributed by atoms with van der Waals surface area (Å²) in [6.45, 7) is 0. The monoisotopic (exact) mass is 230 g/mol. The molecule has 0 fully saturated rings. The molecule has 15 heavy (non-hydrogen) atoms. The number of rotatable bonds is 1. The molecule has 0 aliphatic heterocycles. The minimum Gasteiger partial charge on any atom is -0.506 e. The predicted octanol–water partition coefficient (Wildman–Crippen LogP) is 1.32. The number of nitrogens with zero attached hydrogens (tertiary/aromatic N) is 2. The van der Waals surface area contributed by atoms with E-state index in [4.69, 9.17) is 11.6 Å². The number of phenolic OH excluding ortho intramolecular Hbond substituents is 1. The number of aromatic nitrogens is 2. The first-order chi connectivity index (χ1) is 7.09. The zero-order chi connectivity index (χ0) is 11.0. The molecular weight excluding hydrogens is 227 g/mol. The van der Waals surface area contributed by atoms with Crippen molar-refractivity contribution < 1.29 is 13.9 Å². The molecule has 0 atom stereocenters. The highest BCUT2D eigenvalue weighted by Crippen LogP contribution is 2.27. The molecule has 1 aromatic carbocycles. The number of halogens is 2. The minimum absolute atomic E-state index is 0.146. The average molecular weight is 231 g/mol. The summed E-state index contributed by atoms with van der Waals surface area (Å²) in [4.78, 5) is 11.0. The van der Waals surface area contributed by atoms with Crippen LogP contribution in [0.4, 0.5) is 4.39 Å². The first-order valence-corrected chi connectivity index (χ1v) is 4.18. The molecule has 0 aliphatic carbocycles. The van der Waals surface area contributed by atoms with E-state index in [-0.39, 0.29) is 16.5 Å². The third kappa shape index (κ3) is 1.59. The second-order valence-corrected chi connectivity index (χ2v) is 3.08. The van der Waals surface area contributed by atoms with Gasteiger partial charge < -0.3 is 9.52 Å². The van der Waals surface area contributed by atoms with Crippen molar-refractivity contribution in [3.8, 4) is 11.4 Å². The van der Waals surface area contributed by atoms with Gasteiger partial charge in [-0.1, -0.05) is 11.6 Å². The van der Waals surface area contributed by atoms with Crippen LogP contribution in [0.15, 0.2) is 27.7 Å². The van der Waals surface area contributed by atoms with E-state index >= 15 is 0 Å². The van der Waals surface area contributed by atoms with Gasteiger partial charge in [-0.2, -0.15) is 4.68 Å². The predicted molar refractivity (Wildman–Crippen MR) is 48.7 cm³/mol. The Morgan fingerprint density at radius 1 is 1.53 bits per heavy atom. The van der Waals surface area contributed by atoms with Crippen molar-refractivity contribution in [3.05, 3.63) is 39.9 Å². The van der Waals surface area contributed by atoms with Gasteiger partial charge in [-0.05, 0) is 6.07 Å². The van der Waals surface area contributed by atoms with Gasteiger partial charge in [0.25, 0.3) is 0 Å². The molecule has 2 aromatic rings. The van der Waals surface area contributed by atoms with Crippen molar-refractivity contribution in [2.24, 2.45) is 0 Å². The highest BCUT2D eigenvalue weighted by molar-refractivity contribution is 6.32. The Balaban J connectivity index is 2.69. The SMILES string of the molecule is O=c1ocnn1-c1cc(O)c(Cl)cc1F. The van der Waals surface area contributed by atoms with Crippen molar-refractivity contribution in [3.63, 3.8) is 0 Å². The molecular formula is C8H4ClFN2O3. The molecule has 1 heterocycles. The summed E-state index contributed by atoms with van der Waals surface area (Å²) >= 11 is 5.47. The normalized spacial score (nSPS) is 10.5. The van der Waals surface area contributed by atoms with Crippen LogP contribution in [0.1, 0.15) is 0 Å². The van der Waals surface area contributed by atoms with Crippen LogP contribution in [0.5, 0.6) is 5.75 Å². The molecule has 0 spiro atoms. The van der Waals surface area contributed by atoms with Crippen molar-refractivity contribution in [1.82, 2.24) is 9.78 Å². The Bertz CT molecular complexity index is 563. The summed E-state index contributed by atoms with van der Waals surface area (Å²) in [7, 11) is 0. The van der Waals surface area contributed by atoms with Crippen LogP contribution in [0.25, 0.3) is 5.69 Å². The second kappa shape index (κ2) is 3.39. The van der Waals surface area contributed by atoms with Gasteiger partial charge in [0, 0.05) is 6.07 Å². The Morgan fingerprint density at radius 2 is 2.27 bits per heavy atom. The lowest BCUT2D eigenvalue weighted by atomic mass is 10.3. The minimum atomic E-state index is -0.851. The fraction of sp³-hybridized carbons (Fsp3) is 0. The van der Waals surface area contributed by atoms with Crippen LogP contribution in [0.2, 0.25) is 5.02 Å². The zero-order valence-corrected chi connectivity index (χ0v) is 7.90. The highest BCUT2D eigenvalue weighted by atomic mass is 35.5. The van der Waals surface area contributed by atoms with E-state index < -0.39 is 11.6 Å². The van der Waals surface area contributed by atoms with Gasteiger partial charge in [-0.15, -0.1) is 5.10 Å². The van der Waals surface area contributed by atoms with Crippen LogP contribution >= 0.6 is 11.6 Å². The summed E-state index contributed by atoms with van der Waals surface area (Å²) < 4.78 is 18.4. The first-order valence-electron chi connectivity index (χ1n) is 3.81. The largest absolute Gasteiger partial charge is 0.506 e. The van der Waals surface area contributed by atoms with E-state index in [0.717, 1.165) is 18.5 Å². The van der Waals surface area contributed by atoms with Crippen LogP contribution in [-0.4, -0.2) is 14.9 Å². The number of phenols is 1. The number of aromatic hydroxyl groups is 1. The molecule has 0 unspecified atom stereocenters. The van der Waals surface area contributed by atoms with Gasteiger partial charge in [0.05, 0.1) is 5.02 Å². The van der Waals surface area contributed by atoms with E-state index in [1.54, 1.807) is 0 Å². The molecule has 0 aliphatic rings. The van der Waals surface area contributed by atoms with E-state index in [1.807, 2.05) is 0 Å². The molecule has 7 heteroatoms. The van der Waals surface area contributed by atoms with Crippen LogP contribution in [-0.2, 0) is 0 Å². The molecule has 0 saturated carbocycles. The fourth-order valence-corrected chi connectivity index (χ4v) is 1.21. The molecule has 5 nitrogen and oxygen atoms in total. The van der Waals surface area contributed by atoms with E-state index in [9.17, 15) is 14.3 Å². The van der Waals surface area contributed by atoms with Crippen LogP contribution < -0.4 is 5.76 Å². The van der Waals surface area contributed by atoms with Crippen molar-refractivity contribution in [1.29, 1.82) is 0 Å². The Hall–Kier alpha value is -1.82. The molecule has 0 radical (unpaired) electrons. The summed E-state index contributed by atoms with van der Waals surface area (Å²) in [5.41, 5.74) is -0.226. The Kier molecular flexibility index (Phi) is 2.20. The maximum Gasteiger partial charge on any atom is 0.441 e. The van der Waals surface area contributed by atoms with Gasteiger partial charge in [0.2, 0.25) is 6.39 Å². The van der Waals surface area contributed by atoms with Crippen molar-refractivity contribution in [2.75, 3.05) is 0 Å². The summed E-state index contributed by atoms with van der Waals surface area (Å²) in [5.74, 6) is -1.98. The molecule has 1 N–H and O–H groups in total. The van der Waals surface area contributed by atoms with Gasteiger partial charge in [0.1, 0.15) is 11.4 Å². The topological polar surface area (TPSA) is 68.3 Å². The van der Waals surface area contributed by atoms with Crippen LogP contribution in [0.3, 0.4) is 0 Å². The first kappa shape index (κ1) is 9.72. The average Bonchev–Trinajstić information content (AvgIpc) is 2.58. The maximum absolute atomic E-state index is 13.3. The van der Waals surface area contributed by atoms with Crippen molar-refractivity contribution >= 4 is 11.6 Å². The van der Waals surface area contributed by atoms with Gasteiger partial charge in [-0.25, -0.2) is 9.18 Å². The van der Waals surface area contributed by atoms with E-state index in [2.05, 4.69) is 9.52 Å². The molecule has 78 valence electrons. The number of hydrogen-bond acceptors (Lipinski definition) is 4. The zero-order valence-electron chi connectivity index (χ0n) is 7.15. The number of hydrogen-bond donors (Lipinski definition) is 1. The summed E-state index contributed by atoms with van der Waals surface area (Å²) in [6, 6.07) is 1.87. The smallest absolute Gasteiger partial charge is 0.441 e. The van der Waals surface area contributed by atoms with E-state index in [0.29, 0.717) is 4.68 Å². The molecule has 0 bridgehead atoms. The lowest BCUT2D eigenvalue weighted by Crippen LogP contribution is -2.14. The van der Waals surface area contributed by atoms with Gasteiger partial charge in [0.15, 0.2) is 5.82 Å². The molecule has 0 amide bonds. The lowest BCUT2D eigenvalue weighted by Gasteiger charge is -2.02. The van der Waals surface area contributed by atoms with Crippen LogP contribution in [0, 0.1) is 5.82 Å². The van der Waals surface area contributed by atoms with E-state index in [1.165, 1.54) is 0 Å². The summed E-state index contributed by atoms with van der Waals surface area (Å²) in [5, 5.41) is 12.6. The molecule has 2 rings (SSSR count). The fourth-order valence-electron chi connectivity index (χ4n) is 1.06. The van der Waals surface area contributed by atoms with Crippen molar-refractivity contribution in [2.45, 2.75) is 0 Å². The third-order valence-electron chi connectivity index (χ3n) is 1.73. The highest BCUT2D eigenvalue weighted by Gasteiger charge is 2.12. The molecule has 0 saturated heterocycles. The standard InChI is InChI=1S/C8H4ClFN2O3/c9-4-1-5(10)6(2-7(4)13)12-8(14)15-3-11-12/h1-3,13H. The second-order valence-electron chi connectivity index (χ2n) is 2.67. The number of benzene rings is 1. The lowest BCUT2D eigenvalue weighted by molar-refractivity contribution is 0.470. The Labute approximate surface area is 87.3 Å².